The summed E-state index contributed by atoms with van der Waals surface area (Å²) in [4.78, 5) is 14.6. The first-order valence-corrected chi connectivity index (χ1v) is 11.2. The zero-order valence-electron chi connectivity index (χ0n) is 16.7. The molecule has 0 spiro atoms. The van der Waals surface area contributed by atoms with Gasteiger partial charge in [0, 0.05) is 17.4 Å². The fourth-order valence-electron chi connectivity index (χ4n) is 2.75. The van der Waals surface area contributed by atoms with Crippen molar-refractivity contribution >= 4 is 45.5 Å². The number of rotatable bonds is 9. The quantitative estimate of drug-likeness (QED) is 0.472. The van der Waals surface area contributed by atoms with Gasteiger partial charge in [0.25, 0.3) is 0 Å². The van der Waals surface area contributed by atoms with Crippen LogP contribution in [-0.2, 0) is 4.79 Å². The molecule has 0 bridgehead atoms. The molecule has 0 saturated carbocycles. The lowest BCUT2D eigenvalue weighted by Crippen LogP contribution is -2.38. The van der Waals surface area contributed by atoms with Crippen molar-refractivity contribution in [3.8, 4) is 5.75 Å². The summed E-state index contributed by atoms with van der Waals surface area (Å²) in [5, 5.41) is 12.3. The summed E-state index contributed by atoms with van der Waals surface area (Å²) in [5.74, 6) is 1.19. The van der Waals surface area contributed by atoms with Gasteiger partial charge in [0.05, 0.1) is 12.4 Å². The average molecular weight is 429 g/mol. The van der Waals surface area contributed by atoms with Crippen LogP contribution >= 0.6 is 23.1 Å². The number of para-hydroxylation sites is 1. The van der Waals surface area contributed by atoms with Crippen molar-refractivity contribution in [2.75, 3.05) is 22.6 Å². The number of amides is 1. The van der Waals surface area contributed by atoms with E-state index < -0.39 is 0 Å². The molecule has 29 heavy (non-hydrogen) atoms. The summed E-state index contributed by atoms with van der Waals surface area (Å²) in [6, 6.07) is 17.5. The van der Waals surface area contributed by atoms with Crippen molar-refractivity contribution in [2.45, 2.75) is 31.2 Å². The number of thioether (sulfide) groups is 1. The molecule has 0 aliphatic rings. The lowest BCUT2D eigenvalue weighted by Gasteiger charge is -2.26. The maximum atomic E-state index is 12.8. The third kappa shape index (κ3) is 5.95. The number of carbonyl (C=O) groups is 1. The minimum atomic E-state index is 0.0485. The minimum absolute atomic E-state index is 0.0485. The maximum Gasteiger partial charge on any atom is 0.237 e. The Labute approximate surface area is 179 Å². The van der Waals surface area contributed by atoms with Gasteiger partial charge >= 0.3 is 0 Å². The first kappa shape index (κ1) is 21.1. The Morgan fingerprint density at radius 1 is 1.14 bits per heavy atom. The first-order chi connectivity index (χ1) is 14.1. The molecule has 0 aliphatic heterocycles. The van der Waals surface area contributed by atoms with Gasteiger partial charge in [0.1, 0.15) is 5.75 Å². The Kier molecular flexibility index (Phi) is 7.48. The summed E-state index contributed by atoms with van der Waals surface area (Å²) in [6.07, 6.45) is 0. The molecule has 3 aromatic rings. The molecule has 8 heteroatoms. The van der Waals surface area contributed by atoms with Crippen molar-refractivity contribution in [3.05, 3.63) is 54.6 Å². The largest absolute Gasteiger partial charge is 0.494 e. The molecule has 6 nitrogen and oxygen atoms in total. The highest BCUT2D eigenvalue weighted by Gasteiger charge is 2.19. The molecule has 1 amide bonds. The lowest BCUT2D eigenvalue weighted by atomic mass is 10.2. The van der Waals surface area contributed by atoms with E-state index in [9.17, 15) is 4.79 Å². The molecule has 1 N–H and O–H groups in total. The predicted octanol–water partition coefficient (Wildman–Crippen LogP) is 5.21. The highest BCUT2D eigenvalue weighted by atomic mass is 32.2. The normalized spacial score (nSPS) is 10.8. The number of anilines is 3. The second-order valence-electron chi connectivity index (χ2n) is 6.44. The van der Waals surface area contributed by atoms with Crippen molar-refractivity contribution in [3.63, 3.8) is 0 Å². The van der Waals surface area contributed by atoms with Crippen LogP contribution in [0.4, 0.5) is 16.5 Å². The molecule has 1 aromatic heterocycles. The molecular formula is C21H24N4O2S2. The molecule has 0 unspecified atom stereocenters. The topological polar surface area (TPSA) is 67.3 Å². The molecular weight excluding hydrogens is 404 g/mol. The molecule has 0 aliphatic carbocycles. The second-order valence-corrected chi connectivity index (χ2v) is 8.64. The van der Waals surface area contributed by atoms with E-state index in [0.29, 0.717) is 17.5 Å². The number of nitrogens with one attached hydrogen (secondary N) is 1. The van der Waals surface area contributed by atoms with Gasteiger partial charge in [0.2, 0.25) is 11.0 Å². The van der Waals surface area contributed by atoms with E-state index in [1.165, 1.54) is 23.1 Å². The minimum Gasteiger partial charge on any atom is -0.494 e. The van der Waals surface area contributed by atoms with Gasteiger partial charge in [-0.2, -0.15) is 0 Å². The average Bonchev–Trinajstić information content (AvgIpc) is 3.16. The highest BCUT2D eigenvalue weighted by molar-refractivity contribution is 8.01. The standard InChI is InChI=1S/C21H24N4O2S2/c1-4-27-18-12-10-16(11-13-18)22-20-23-24-21(29-20)28-14-19(26)25(15(2)3)17-8-6-5-7-9-17/h5-13,15H,4,14H2,1-3H3,(H,22,23). The number of nitrogens with zero attached hydrogens (tertiary/aromatic N) is 3. The van der Waals surface area contributed by atoms with Crippen LogP contribution in [0.15, 0.2) is 58.9 Å². The zero-order valence-corrected chi connectivity index (χ0v) is 18.3. The lowest BCUT2D eigenvalue weighted by molar-refractivity contribution is -0.116. The van der Waals surface area contributed by atoms with E-state index in [1.807, 2.05) is 80.3 Å². The van der Waals surface area contributed by atoms with Crippen LogP contribution in [0.25, 0.3) is 0 Å². The predicted molar refractivity (Wildman–Crippen MR) is 121 cm³/mol. The van der Waals surface area contributed by atoms with E-state index in [2.05, 4.69) is 15.5 Å². The van der Waals surface area contributed by atoms with Gasteiger partial charge in [-0.3, -0.25) is 4.79 Å². The van der Waals surface area contributed by atoms with E-state index in [1.54, 1.807) is 0 Å². The number of hydrogen-bond donors (Lipinski definition) is 1. The Morgan fingerprint density at radius 2 is 1.86 bits per heavy atom. The summed E-state index contributed by atoms with van der Waals surface area (Å²) >= 11 is 2.83. The third-order valence-electron chi connectivity index (χ3n) is 3.96. The fraction of sp³-hybridized carbons (Fsp3) is 0.286. The molecule has 3 rings (SSSR count). The van der Waals surface area contributed by atoms with E-state index in [4.69, 9.17) is 4.74 Å². The number of hydrogen-bond acceptors (Lipinski definition) is 7. The molecule has 2 aromatic carbocycles. The van der Waals surface area contributed by atoms with Crippen LogP contribution in [-0.4, -0.2) is 34.5 Å². The van der Waals surface area contributed by atoms with Crippen molar-refractivity contribution in [1.82, 2.24) is 10.2 Å². The number of aromatic nitrogens is 2. The number of ether oxygens (including phenoxy) is 1. The smallest absolute Gasteiger partial charge is 0.237 e. The Hall–Kier alpha value is -2.58. The van der Waals surface area contributed by atoms with Crippen LogP contribution in [0.3, 0.4) is 0 Å². The second kappa shape index (κ2) is 10.3. The molecule has 0 radical (unpaired) electrons. The molecule has 0 fully saturated rings. The third-order valence-corrected chi connectivity index (χ3v) is 5.92. The Morgan fingerprint density at radius 3 is 2.52 bits per heavy atom. The van der Waals surface area contributed by atoms with Gasteiger partial charge in [-0.1, -0.05) is 41.3 Å². The van der Waals surface area contributed by atoms with Crippen LogP contribution in [0.2, 0.25) is 0 Å². The van der Waals surface area contributed by atoms with Gasteiger partial charge in [0.15, 0.2) is 4.34 Å². The van der Waals surface area contributed by atoms with Crippen LogP contribution in [0.5, 0.6) is 5.75 Å². The molecule has 0 saturated heterocycles. The van der Waals surface area contributed by atoms with Crippen molar-refractivity contribution < 1.29 is 9.53 Å². The first-order valence-electron chi connectivity index (χ1n) is 9.40. The van der Waals surface area contributed by atoms with E-state index in [-0.39, 0.29) is 11.9 Å². The SMILES string of the molecule is CCOc1ccc(Nc2nnc(SCC(=O)N(c3ccccc3)C(C)C)s2)cc1. The molecule has 0 atom stereocenters. The Bertz CT molecular complexity index is 914. The van der Waals surface area contributed by atoms with Crippen LogP contribution in [0, 0.1) is 0 Å². The van der Waals surface area contributed by atoms with Crippen LogP contribution < -0.4 is 15.0 Å². The monoisotopic (exact) mass is 428 g/mol. The number of carbonyl (C=O) groups excluding carboxylic acids is 1. The summed E-state index contributed by atoms with van der Waals surface area (Å²) in [5.41, 5.74) is 1.82. The maximum absolute atomic E-state index is 12.8. The van der Waals surface area contributed by atoms with E-state index >= 15 is 0 Å². The van der Waals surface area contributed by atoms with E-state index in [0.717, 1.165) is 21.5 Å². The fourth-order valence-corrected chi connectivity index (χ4v) is 4.39. The summed E-state index contributed by atoms with van der Waals surface area (Å²) < 4.78 is 6.20. The Balaban J connectivity index is 1.57. The summed E-state index contributed by atoms with van der Waals surface area (Å²) in [7, 11) is 0. The molecule has 152 valence electrons. The zero-order chi connectivity index (χ0) is 20.6. The van der Waals surface area contributed by atoms with Crippen molar-refractivity contribution in [1.29, 1.82) is 0 Å². The van der Waals surface area contributed by atoms with Crippen LogP contribution in [0.1, 0.15) is 20.8 Å². The highest BCUT2D eigenvalue weighted by Crippen LogP contribution is 2.29. The van der Waals surface area contributed by atoms with Crippen molar-refractivity contribution in [2.24, 2.45) is 0 Å². The van der Waals surface area contributed by atoms with Gasteiger partial charge in [-0.05, 0) is 57.2 Å². The van der Waals surface area contributed by atoms with Gasteiger partial charge in [-0.15, -0.1) is 10.2 Å². The number of benzene rings is 2. The van der Waals surface area contributed by atoms with Gasteiger partial charge in [-0.25, -0.2) is 0 Å². The molecule has 1 heterocycles. The summed E-state index contributed by atoms with van der Waals surface area (Å²) in [6.45, 7) is 6.62. The van der Waals surface area contributed by atoms with Gasteiger partial charge < -0.3 is 15.0 Å².